The number of morpholine rings is 1. The Morgan fingerprint density at radius 2 is 2.22 bits per heavy atom. The van der Waals surface area contributed by atoms with E-state index in [1.807, 2.05) is 11.4 Å². The number of carbonyl (C=O) groups excluding carboxylic acids is 1. The van der Waals surface area contributed by atoms with E-state index in [9.17, 15) is 9.18 Å². The van der Waals surface area contributed by atoms with E-state index in [2.05, 4.69) is 16.3 Å². The second-order valence-electron chi connectivity index (χ2n) is 6.30. The fraction of sp³-hybridized carbons (Fsp3) is 0.368. The number of thiophene rings is 1. The molecule has 1 aliphatic heterocycles. The monoisotopic (exact) mass is 388 g/mol. The molecule has 1 atom stereocenters. The van der Waals surface area contributed by atoms with Gasteiger partial charge in [-0.15, -0.1) is 11.3 Å². The van der Waals surface area contributed by atoms with Crippen molar-refractivity contribution in [1.29, 1.82) is 5.26 Å². The van der Waals surface area contributed by atoms with Gasteiger partial charge >= 0.3 is 6.03 Å². The van der Waals surface area contributed by atoms with Crippen molar-refractivity contribution in [3.05, 3.63) is 52.0 Å². The lowest BCUT2D eigenvalue weighted by Gasteiger charge is -2.36. The number of likely N-dealkylation sites (N-methyl/N-ethyl adjacent to an activating group) is 1. The Labute approximate surface area is 161 Å². The first-order chi connectivity index (χ1) is 13.1. The highest BCUT2D eigenvalue weighted by Crippen LogP contribution is 2.27. The van der Waals surface area contributed by atoms with E-state index in [0.29, 0.717) is 25.4 Å². The third-order valence-corrected chi connectivity index (χ3v) is 5.46. The van der Waals surface area contributed by atoms with E-state index in [4.69, 9.17) is 10.00 Å². The van der Waals surface area contributed by atoms with Crippen molar-refractivity contribution in [2.45, 2.75) is 6.04 Å². The number of nitriles is 1. The Balaban J connectivity index is 1.68. The first-order valence-corrected chi connectivity index (χ1v) is 9.53. The summed E-state index contributed by atoms with van der Waals surface area (Å²) in [5.41, 5.74) is 0.295. The second-order valence-corrected chi connectivity index (χ2v) is 7.28. The summed E-state index contributed by atoms with van der Waals surface area (Å²) in [6.07, 6.45) is 0. The number of hydrogen-bond donors (Lipinski definition) is 1. The SMILES string of the molecule is CN(C[C@H](c1cccs1)N1CCOCC1)C(=O)Nc1ccc(F)c(C#N)c1. The molecule has 1 aliphatic rings. The second kappa shape index (κ2) is 8.95. The maximum Gasteiger partial charge on any atom is 0.321 e. The fourth-order valence-electron chi connectivity index (χ4n) is 3.01. The lowest BCUT2D eigenvalue weighted by atomic mass is 10.1. The summed E-state index contributed by atoms with van der Waals surface area (Å²) in [6.45, 7) is 3.52. The minimum Gasteiger partial charge on any atom is -0.379 e. The van der Waals surface area contributed by atoms with E-state index < -0.39 is 5.82 Å². The number of anilines is 1. The van der Waals surface area contributed by atoms with Gasteiger partial charge in [-0.1, -0.05) is 6.07 Å². The summed E-state index contributed by atoms with van der Waals surface area (Å²) in [4.78, 5) is 17.7. The number of carbonyl (C=O) groups is 1. The van der Waals surface area contributed by atoms with Crippen LogP contribution in [-0.4, -0.2) is 55.7 Å². The number of halogens is 1. The maximum absolute atomic E-state index is 13.4. The Morgan fingerprint density at radius 1 is 1.44 bits per heavy atom. The van der Waals surface area contributed by atoms with E-state index in [-0.39, 0.29) is 17.6 Å². The van der Waals surface area contributed by atoms with Crippen LogP contribution < -0.4 is 5.32 Å². The Morgan fingerprint density at radius 3 is 2.89 bits per heavy atom. The smallest absolute Gasteiger partial charge is 0.321 e. The molecule has 1 N–H and O–H groups in total. The molecule has 2 amide bonds. The van der Waals surface area contributed by atoms with Crippen LogP contribution in [0.5, 0.6) is 0 Å². The summed E-state index contributed by atoms with van der Waals surface area (Å²) in [7, 11) is 1.73. The van der Waals surface area contributed by atoms with Crippen LogP contribution in [0.1, 0.15) is 16.5 Å². The van der Waals surface area contributed by atoms with Gasteiger partial charge in [0.1, 0.15) is 11.9 Å². The third kappa shape index (κ3) is 4.83. The number of nitrogens with zero attached hydrogens (tertiary/aromatic N) is 3. The van der Waals surface area contributed by atoms with Crippen molar-refractivity contribution in [2.75, 3.05) is 45.2 Å². The number of benzene rings is 1. The van der Waals surface area contributed by atoms with Crippen molar-refractivity contribution >= 4 is 23.1 Å². The molecule has 1 aromatic carbocycles. The molecule has 1 aromatic heterocycles. The largest absolute Gasteiger partial charge is 0.379 e. The van der Waals surface area contributed by atoms with Crippen LogP contribution in [0, 0.1) is 17.1 Å². The van der Waals surface area contributed by atoms with Gasteiger partial charge in [0.2, 0.25) is 0 Å². The summed E-state index contributed by atoms with van der Waals surface area (Å²) in [5, 5.41) is 13.7. The fourth-order valence-corrected chi connectivity index (χ4v) is 3.86. The molecule has 0 aliphatic carbocycles. The highest BCUT2D eigenvalue weighted by molar-refractivity contribution is 7.10. The van der Waals surface area contributed by atoms with E-state index >= 15 is 0 Å². The Hall–Kier alpha value is -2.47. The number of rotatable bonds is 5. The molecule has 3 rings (SSSR count). The van der Waals surface area contributed by atoms with Crippen molar-refractivity contribution in [3.8, 4) is 6.07 Å². The Kier molecular flexibility index (Phi) is 6.40. The molecular weight excluding hydrogens is 367 g/mol. The molecule has 0 unspecified atom stereocenters. The van der Waals surface area contributed by atoms with Crippen LogP contribution in [0.15, 0.2) is 35.7 Å². The van der Waals surface area contributed by atoms with Crippen molar-refractivity contribution in [3.63, 3.8) is 0 Å². The van der Waals surface area contributed by atoms with Gasteiger partial charge in [0.15, 0.2) is 0 Å². The number of urea groups is 1. The van der Waals surface area contributed by atoms with Gasteiger partial charge in [-0.2, -0.15) is 5.26 Å². The number of ether oxygens (including phenoxy) is 1. The highest BCUT2D eigenvalue weighted by atomic mass is 32.1. The quantitative estimate of drug-likeness (QED) is 0.853. The predicted molar refractivity (Wildman–Crippen MR) is 102 cm³/mol. The van der Waals surface area contributed by atoms with Gasteiger partial charge < -0.3 is 15.0 Å². The molecule has 0 bridgehead atoms. The number of nitrogens with one attached hydrogen (secondary N) is 1. The molecule has 6 nitrogen and oxygen atoms in total. The predicted octanol–water partition coefficient (Wildman–Crippen LogP) is 3.30. The minimum absolute atomic E-state index is 0.0903. The first-order valence-electron chi connectivity index (χ1n) is 8.65. The van der Waals surface area contributed by atoms with Gasteiger partial charge in [-0.25, -0.2) is 9.18 Å². The van der Waals surface area contributed by atoms with Gasteiger partial charge in [0.05, 0.1) is 24.8 Å². The topological polar surface area (TPSA) is 68.6 Å². The lowest BCUT2D eigenvalue weighted by Crippen LogP contribution is -2.44. The first kappa shape index (κ1) is 19.3. The van der Waals surface area contributed by atoms with Crippen LogP contribution in [-0.2, 0) is 4.74 Å². The maximum atomic E-state index is 13.4. The zero-order chi connectivity index (χ0) is 19.2. The summed E-state index contributed by atoms with van der Waals surface area (Å²) >= 11 is 1.67. The zero-order valence-electron chi connectivity index (χ0n) is 15.0. The molecule has 142 valence electrons. The van der Waals surface area contributed by atoms with Crippen LogP contribution in [0.4, 0.5) is 14.9 Å². The molecule has 8 heteroatoms. The average molecular weight is 388 g/mol. The van der Waals surface area contributed by atoms with Crippen molar-refractivity contribution in [1.82, 2.24) is 9.80 Å². The van der Waals surface area contributed by atoms with E-state index in [0.717, 1.165) is 13.1 Å². The van der Waals surface area contributed by atoms with Crippen LogP contribution >= 0.6 is 11.3 Å². The molecule has 2 aromatic rings. The van der Waals surface area contributed by atoms with E-state index in [1.54, 1.807) is 29.4 Å². The lowest BCUT2D eigenvalue weighted by molar-refractivity contribution is 0.0125. The average Bonchev–Trinajstić information content (AvgIpc) is 3.22. The van der Waals surface area contributed by atoms with Gasteiger partial charge in [-0.3, -0.25) is 4.90 Å². The third-order valence-electron chi connectivity index (χ3n) is 4.49. The van der Waals surface area contributed by atoms with Crippen LogP contribution in [0.2, 0.25) is 0 Å². The van der Waals surface area contributed by atoms with E-state index in [1.165, 1.54) is 23.1 Å². The molecule has 27 heavy (non-hydrogen) atoms. The highest BCUT2D eigenvalue weighted by Gasteiger charge is 2.26. The standard InChI is InChI=1S/C19H21FN4O2S/c1-23(19(25)22-15-4-5-16(20)14(11-15)12-21)13-17(18-3-2-10-27-18)24-6-8-26-9-7-24/h2-5,10-11,17H,6-9,13H2,1H3,(H,22,25)/t17-/m1/s1. The molecular formula is C19H21FN4O2S. The molecule has 1 fully saturated rings. The summed E-state index contributed by atoms with van der Waals surface area (Å²) in [5.74, 6) is -0.603. The molecule has 0 saturated carbocycles. The summed E-state index contributed by atoms with van der Waals surface area (Å²) in [6, 6.07) is 9.60. The van der Waals surface area contributed by atoms with Crippen molar-refractivity contribution in [2.24, 2.45) is 0 Å². The molecule has 0 spiro atoms. The van der Waals surface area contributed by atoms with Gasteiger partial charge in [0, 0.05) is 37.2 Å². The Bertz CT molecular complexity index is 816. The molecule has 1 saturated heterocycles. The minimum atomic E-state index is -0.603. The normalized spacial score (nSPS) is 15.7. The number of amides is 2. The van der Waals surface area contributed by atoms with Crippen molar-refractivity contribution < 1.29 is 13.9 Å². The zero-order valence-corrected chi connectivity index (χ0v) is 15.8. The van der Waals surface area contributed by atoms with Crippen LogP contribution in [0.3, 0.4) is 0 Å². The van der Waals surface area contributed by atoms with Gasteiger partial charge in [0.25, 0.3) is 0 Å². The van der Waals surface area contributed by atoms with Crippen LogP contribution in [0.25, 0.3) is 0 Å². The summed E-state index contributed by atoms with van der Waals surface area (Å²) < 4.78 is 18.9. The number of hydrogen-bond acceptors (Lipinski definition) is 5. The molecule has 2 heterocycles. The molecule has 0 radical (unpaired) electrons. The van der Waals surface area contributed by atoms with Gasteiger partial charge in [-0.05, 0) is 29.6 Å².